The zero-order chi connectivity index (χ0) is 21.4. The Kier molecular flexibility index (Phi) is 7.63. The van der Waals surface area contributed by atoms with Crippen LogP contribution in [0, 0.1) is 5.82 Å². The van der Waals surface area contributed by atoms with Gasteiger partial charge in [0.2, 0.25) is 0 Å². The van der Waals surface area contributed by atoms with E-state index in [1.807, 2.05) is 0 Å². The summed E-state index contributed by atoms with van der Waals surface area (Å²) in [4.78, 5) is 29.1. The molecule has 0 fully saturated rings. The highest BCUT2D eigenvalue weighted by atomic mass is 35.5. The van der Waals surface area contributed by atoms with E-state index in [9.17, 15) is 9.18 Å². The van der Waals surface area contributed by atoms with E-state index in [4.69, 9.17) is 32.0 Å². The summed E-state index contributed by atoms with van der Waals surface area (Å²) in [5, 5.41) is 10.0. The predicted molar refractivity (Wildman–Crippen MR) is 107 cm³/mol. The Morgan fingerprint density at radius 1 is 1.41 bits per heavy atom. The fourth-order valence-corrected chi connectivity index (χ4v) is 2.88. The van der Waals surface area contributed by atoms with Crippen LogP contribution in [0.4, 0.5) is 10.1 Å². The summed E-state index contributed by atoms with van der Waals surface area (Å²) in [6.45, 7) is 2.17. The minimum Gasteiger partial charge on any atom is -0.483 e. The summed E-state index contributed by atoms with van der Waals surface area (Å²) in [7, 11) is 0. The van der Waals surface area contributed by atoms with Crippen LogP contribution < -0.4 is 11.1 Å². The van der Waals surface area contributed by atoms with E-state index >= 15 is 0 Å². The molecule has 1 aromatic carbocycles. The Balaban J connectivity index is 0.000000941. The van der Waals surface area contributed by atoms with Crippen molar-refractivity contribution in [1.29, 1.82) is 0 Å². The smallest absolute Gasteiger partial charge is 0.290 e. The predicted octanol–water partition coefficient (Wildman–Crippen LogP) is 2.82. The average molecular weight is 423 g/mol. The van der Waals surface area contributed by atoms with Crippen molar-refractivity contribution < 1.29 is 23.8 Å². The van der Waals surface area contributed by atoms with E-state index in [-0.39, 0.29) is 18.8 Å². The van der Waals surface area contributed by atoms with Crippen LogP contribution >= 0.6 is 11.6 Å². The van der Waals surface area contributed by atoms with E-state index in [1.165, 1.54) is 24.4 Å². The lowest BCUT2D eigenvalue weighted by Crippen LogP contribution is -2.26. The van der Waals surface area contributed by atoms with Gasteiger partial charge in [-0.1, -0.05) is 11.6 Å². The second-order valence-electron chi connectivity index (χ2n) is 6.30. The molecule has 0 unspecified atom stereocenters. The molecule has 0 spiro atoms. The van der Waals surface area contributed by atoms with Gasteiger partial charge in [-0.2, -0.15) is 0 Å². The molecule has 2 heterocycles. The molecule has 2 aromatic rings. The third kappa shape index (κ3) is 5.97. The lowest BCUT2D eigenvalue weighted by atomic mass is 9.88. The van der Waals surface area contributed by atoms with Crippen LogP contribution in [0.2, 0.25) is 5.02 Å². The summed E-state index contributed by atoms with van der Waals surface area (Å²) < 4.78 is 19.8. The SMILES string of the molecule is C[C@@]1(c2cc(NC(=O)c3ccc(Cl)cn3)ccc2F)CCOCC(N)=N1.O=CO. The van der Waals surface area contributed by atoms with Gasteiger partial charge in [0, 0.05) is 24.1 Å². The molecule has 0 saturated heterocycles. The maximum absolute atomic E-state index is 14.5. The van der Waals surface area contributed by atoms with Crippen molar-refractivity contribution in [3.05, 3.63) is 58.6 Å². The number of aromatic nitrogens is 1. The summed E-state index contributed by atoms with van der Waals surface area (Å²) in [6.07, 6.45) is 1.86. The van der Waals surface area contributed by atoms with Gasteiger partial charge in [-0.3, -0.25) is 14.6 Å². The second-order valence-corrected chi connectivity index (χ2v) is 6.73. The van der Waals surface area contributed by atoms with E-state index in [2.05, 4.69) is 15.3 Å². The molecule has 0 radical (unpaired) electrons. The molecule has 0 aliphatic carbocycles. The first-order chi connectivity index (χ1) is 13.8. The summed E-state index contributed by atoms with van der Waals surface area (Å²) >= 11 is 5.77. The Morgan fingerprint density at radius 3 is 2.79 bits per heavy atom. The first-order valence-corrected chi connectivity index (χ1v) is 8.89. The molecule has 1 aliphatic heterocycles. The molecular formula is C19H20ClFN4O4. The molecule has 0 saturated carbocycles. The Hall–Kier alpha value is -3.04. The number of carboxylic acid groups (broad SMARTS) is 1. The van der Waals surface area contributed by atoms with Crippen LogP contribution in [0.3, 0.4) is 0 Å². The van der Waals surface area contributed by atoms with Gasteiger partial charge in [0.15, 0.2) is 0 Å². The molecule has 8 nitrogen and oxygen atoms in total. The van der Waals surface area contributed by atoms with Crippen LogP contribution in [0.5, 0.6) is 0 Å². The molecule has 154 valence electrons. The number of hydrogen-bond donors (Lipinski definition) is 3. The molecule has 1 aliphatic rings. The highest BCUT2D eigenvalue weighted by Gasteiger charge is 2.31. The van der Waals surface area contributed by atoms with Crippen LogP contribution in [-0.2, 0) is 15.1 Å². The molecule has 4 N–H and O–H groups in total. The number of amides is 1. The lowest BCUT2D eigenvalue weighted by molar-refractivity contribution is -0.122. The van der Waals surface area contributed by atoms with Crippen molar-refractivity contribution in [3.63, 3.8) is 0 Å². The molecule has 1 atom stereocenters. The number of carbonyl (C=O) groups excluding carboxylic acids is 1. The highest BCUT2D eigenvalue weighted by Crippen LogP contribution is 2.34. The number of anilines is 1. The maximum atomic E-state index is 14.5. The number of benzene rings is 1. The lowest BCUT2D eigenvalue weighted by Gasteiger charge is -2.25. The first kappa shape index (κ1) is 22.3. The van der Waals surface area contributed by atoms with Gasteiger partial charge in [0.25, 0.3) is 12.4 Å². The number of nitrogens with two attached hydrogens (primary N) is 1. The molecule has 3 rings (SSSR count). The fourth-order valence-electron chi connectivity index (χ4n) is 2.77. The van der Waals surface area contributed by atoms with Gasteiger partial charge >= 0.3 is 0 Å². The third-order valence-electron chi connectivity index (χ3n) is 4.14. The monoisotopic (exact) mass is 422 g/mol. The normalized spacial score (nSPS) is 18.5. The zero-order valence-corrected chi connectivity index (χ0v) is 16.3. The summed E-state index contributed by atoms with van der Waals surface area (Å²) in [5.41, 5.74) is 5.93. The van der Waals surface area contributed by atoms with Gasteiger partial charge in [-0.05, 0) is 43.7 Å². The van der Waals surface area contributed by atoms with Crippen molar-refractivity contribution in [2.24, 2.45) is 10.7 Å². The van der Waals surface area contributed by atoms with E-state index in [0.717, 1.165) is 0 Å². The number of ether oxygens (including phenoxy) is 1. The van der Waals surface area contributed by atoms with Crippen LogP contribution in [0.1, 0.15) is 29.4 Å². The van der Waals surface area contributed by atoms with Crippen LogP contribution in [0.25, 0.3) is 0 Å². The molecular weight excluding hydrogens is 403 g/mol. The van der Waals surface area contributed by atoms with Crippen molar-refractivity contribution in [3.8, 4) is 0 Å². The number of pyridine rings is 1. The van der Waals surface area contributed by atoms with E-state index in [0.29, 0.717) is 35.1 Å². The first-order valence-electron chi connectivity index (χ1n) is 8.52. The molecule has 0 bridgehead atoms. The summed E-state index contributed by atoms with van der Waals surface area (Å²) in [6, 6.07) is 7.42. The average Bonchev–Trinajstić information content (AvgIpc) is 2.85. The van der Waals surface area contributed by atoms with Crippen molar-refractivity contribution in [1.82, 2.24) is 4.98 Å². The quantitative estimate of drug-likeness (QED) is 0.653. The number of rotatable bonds is 3. The second kappa shape index (κ2) is 9.94. The number of aliphatic imine (C=N–C) groups is 1. The number of halogens is 2. The van der Waals surface area contributed by atoms with Crippen LogP contribution in [-0.4, -0.2) is 41.5 Å². The number of amidine groups is 1. The molecule has 1 amide bonds. The topological polar surface area (TPSA) is 127 Å². The van der Waals surface area contributed by atoms with E-state index < -0.39 is 17.3 Å². The number of hydrogen-bond acceptors (Lipinski definition) is 6. The molecule has 1 aromatic heterocycles. The number of nitrogens with one attached hydrogen (secondary N) is 1. The minimum atomic E-state index is -0.871. The number of carbonyl (C=O) groups is 2. The Bertz CT molecular complexity index is 908. The van der Waals surface area contributed by atoms with Gasteiger partial charge in [0.05, 0.1) is 10.6 Å². The van der Waals surface area contributed by atoms with Crippen molar-refractivity contribution in [2.45, 2.75) is 18.9 Å². The van der Waals surface area contributed by atoms with E-state index in [1.54, 1.807) is 19.1 Å². The van der Waals surface area contributed by atoms with Gasteiger partial charge in [-0.25, -0.2) is 9.37 Å². The Labute approximate surface area is 171 Å². The highest BCUT2D eigenvalue weighted by molar-refractivity contribution is 6.30. The van der Waals surface area contributed by atoms with Crippen molar-refractivity contribution in [2.75, 3.05) is 18.5 Å². The molecule has 10 heteroatoms. The number of nitrogens with zero attached hydrogens (tertiary/aromatic N) is 2. The standard InChI is InChI=1S/C18H18ClFN4O2.CH2O2/c1-18(6-7-26-10-16(21)24-18)13-8-12(3-4-14(13)20)23-17(25)15-5-2-11(19)9-22-15;2-1-3/h2-5,8-9H,6-7,10H2,1H3,(H2,21,24)(H,23,25);1H,(H,2,3)/t18-;/m0./s1. The minimum absolute atomic E-state index is 0.205. The third-order valence-corrected chi connectivity index (χ3v) is 4.36. The van der Waals surface area contributed by atoms with Crippen LogP contribution in [0.15, 0.2) is 41.5 Å². The summed E-state index contributed by atoms with van der Waals surface area (Å²) in [5.74, 6) is -0.533. The maximum Gasteiger partial charge on any atom is 0.290 e. The van der Waals surface area contributed by atoms with Gasteiger partial charge in [0.1, 0.15) is 24.0 Å². The largest absolute Gasteiger partial charge is 0.483 e. The van der Waals surface area contributed by atoms with Gasteiger partial charge < -0.3 is 20.9 Å². The van der Waals surface area contributed by atoms with Crippen molar-refractivity contribution >= 4 is 35.5 Å². The fraction of sp³-hybridized carbons (Fsp3) is 0.263. The Morgan fingerprint density at radius 2 is 2.14 bits per heavy atom. The zero-order valence-electron chi connectivity index (χ0n) is 15.6. The molecule has 29 heavy (non-hydrogen) atoms. The van der Waals surface area contributed by atoms with Gasteiger partial charge in [-0.15, -0.1) is 0 Å².